The Hall–Kier alpha value is -1.76. The van der Waals surface area contributed by atoms with Crippen LogP contribution in [0.25, 0.3) is 0 Å². The van der Waals surface area contributed by atoms with Gasteiger partial charge < -0.3 is 11.1 Å². The molecule has 0 amide bonds. The molecule has 3 N–H and O–H groups in total. The lowest BCUT2D eigenvalue weighted by Crippen LogP contribution is -2.04. The zero-order valence-electron chi connectivity index (χ0n) is 8.03. The highest BCUT2D eigenvalue weighted by molar-refractivity contribution is 5.37. The standard InChI is InChI=1S/C10H14N4/c1-2-3-4-5-6-13-10-8-12-7-9(11)14-10/h1,7-8H,3-6H2,(H3,11,13,14). The smallest absolute Gasteiger partial charge is 0.146 e. The van der Waals surface area contributed by atoms with Crippen LogP contribution in [0.15, 0.2) is 12.4 Å². The van der Waals surface area contributed by atoms with Crippen LogP contribution in [0.1, 0.15) is 19.3 Å². The van der Waals surface area contributed by atoms with Crippen molar-refractivity contribution in [3.63, 3.8) is 0 Å². The van der Waals surface area contributed by atoms with Gasteiger partial charge in [-0.2, -0.15) is 0 Å². The number of nitrogens with two attached hydrogens (primary N) is 1. The first-order valence-corrected chi connectivity index (χ1v) is 4.58. The van der Waals surface area contributed by atoms with Crippen molar-refractivity contribution in [1.82, 2.24) is 9.97 Å². The normalized spacial score (nSPS) is 9.36. The number of aromatic nitrogens is 2. The van der Waals surface area contributed by atoms with E-state index in [1.165, 1.54) is 6.20 Å². The molecular weight excluding hydrogens is 176 g/mol. The summed E-state index contributed by atoms with van der Waals surface area (Å²) < 4.78 is 0. The molecule has 0 spiro atoms. The molecular formula is C10H14N4. The van der Waals surface area contributed by atoms with Gasteiger partial charge in [-0.1, -0.05) is 0 Å². The fourth-order valence-electron chi connectivity index (χ4n) is 1.03. The van der Waals surface area contributed by atoms with Crippen LogP contribution in [0.5, 0.6) is 0 Å². The molecule has 1 aromatic rings. The number of anilines is 2. The van der Waals surface area contributed by atoms with E-state index in [1.54, 1.807) is 6.20 Å². The minimum Gasteiger partial charge on any atom is -0.382 e. The van der Waals surface area contributed by atoms with E-state index < -0.39 is 0 Å². The van der Waals surface area contributed by atoms with E-state index in [1.807, 2.05) is 0 Å². The highest BCUT2D eigenvalue weighted by Gasteiger charge is 1.93. The first-order valence-electron chi connectivity index (χ1n) is 4.58. The van der Waals surface area contributed by atoms with Gasteiger partial charge in [0.1, 0.15) is 11.6 Å². The van der Waals surface area contributed by atoms with Crippen LogP contribution in [0.2, 0.25) is 0 Å². The summed E-state index contributed by atoms with van der Waals surface area (Å²) in [5.74, 6) is 3.74. The monoisotopic (exact) mass is 190 g/mol. The molecule has 1 rings (SSSR count). The van der Waals surface area contributed by atoms with Crippen LogP contribution in [0.4, 0.5) is 11.6 Å². The highest BCUT2D eigenvalue weighted by Crippen LogP contribution is 2.03. The minimum absolute atomic E-state index is 0.429. The lowest BCUT2D eigenvalue weighted by atomic mass is 10.2. The fraction of sp³-hybridized carbons (Fsp3) is 0.400. The molecule has 0 aromatic carbocycles. The molecule has 1 aromatic heterocycles. The zero-order chi connectivity index (χ0) is 10.2. The number of hydrogen-bond acceptors (Lipinski definition) is 4. The lowest BCUT2D eigenvalue weighted by molar-refractivity contribution is 0.787. The Morgan fingerprint density at radius 3 is 3.00 bits per heavy atom. The summed E-state index contributed by atoms with van der Waals surface area (Å²) in [5.41, 5.74) is 5.47. The van der Waals surface area contributed by atoms with Crippen LogP contribution < -0.4 is 11.1 Å². The van der Waals surface area contributed by atoms with Gasteiger partial charge in [0.05, 0.1) is 12.4 Å². The van der Waals surface area contributed by atoms with E-state index >= 15 is 0 Å². The third-order valence-corrected chi connectivity index (χ3v) is 1.71. The van der Waals surface area contributed by atoms with Crippen molar-refractivity contribution in [2.24, 2.45) is 0 Å². The van der Waals surface area contributed by atoms with Gasteiger partial charge >= 0.3 is 0 Å². The Morgan fingerprint density at radius 1 is 1.43 bits per heavy atom. The van der Waals surface area contributed by atoms with Gasteiger partial charge in [-0.15, -0.1) is 12.3 Å². The Morgan fingerprint density at radius 2 is 2.29 bits per heavy atom. The van der Waals surface area contributed by atoms with Crippen LogP contribution in [-0.4, -0.2) is 16.5 Å². The molecule has 4 heteroatoms. The van der Waals surface area contributed by atoms with Crippen molar-refractivity contribution >= 4 is 11.6 Å². The van der Waals surface area contributed by atoms with Gasteiger partial charge in [-0.05, 0) is 12.8 Å². The summed E-state index contributed by atoms with van der Waals surface area (Å²) >= 11 is 0. The Bertz CT molecular complexity index is 316. The summed E-state index contributed by atoms with van der Waals surface area (Å²) in [4.78, 5) is 7.97. The summed E-state index contributed by atoms with van der Waals surface area (Å²) in [5, 5.41) is 3.12. The molecule has 0 radical (unpaired) electrons. The highest BCUT2D eigenvalue weighted by atomic mass is 15.0. The third kappa shape index (κ3) is 3.76. The van der Waals surface area contributed by atoms with Crippen LogP contribution in [-0.2, 0) is 0 Å². The fourth-order valence-corrected chi connectivity index (χ4v) is 1.03. The molecule has 1 heterocycles. The topological polar surface area (TPSA) is 63.8 Å². The SMILES string of the molecule is C#CCCCCNc1cncc(N)n1. The number of nitrogen functional groups attached to an aromatic ring is 1. The van der Waals surface area contributed by atoms with Gasteiger partial charge in [0, 0.05) is 13.0 Å². The second-order valence-corrected chi connectivity index (χ2v) is 2.92. The van der Waals surface area contributed by atoms with Crippen molar-refractivity contribution < 1.29 is 0 Å². The lowest BCUT2D eigenvalue weighted by Gasteiger charge is -2.03. The molecule has 0 aliphatic rings. The largest absolute Gasteiger partial charge is 0.382 e. The van der Waals surface area contributed by atoms with Crippen molar-refractivity contribution in [3.05, 3.63) is 12.4 Å². The second kappa shape index (κ2) is 5.81. The van der Waals surface area contributed by atoms with E-state index in [2.05, 4.69) is 21.2 Å². The Balaban J connectivity index is 2.22. The maximum atomic E-state index is 5.47. The summed E-state index contributed by atoms with van der Waals surface area (Å²) in [6.45, 7) is 0.847. The molecule has 0 aliphatic heterocycles. The van der Waals surface area contributed by atoms with E-state index in [0.717, 1.165) is 25.8 Å². The summed E-state index contributed by atoms with van der Waals surface area (Å²) in [7, 11) is 0. The quantitative estimate of drug-likeness (QED) is 0.542. The predicted octanol–water partition coefficient (Wildman–Crippen LogP) is 1.27. The van der Waals surface area contributed by atoms with E-state index in [-0.39, 0.29) is 0 Å². The molecule has 0 saturated heterocycles. The number of nitrogens with one attached hydrogen (secondary N) is 1. The molecule has 0 bridgehead atoms. The van der Waals surface area contributed by atoms with Crippen LogP contribution in [0, 0.1) is 12.3 Å². The van der Waals surface area contributed by atoms with E-state index in [9.17, 15) is 0 Å². The summed E-state index contributed by atoms with van der Waals surface area (Å²) in [6, 6.07) is 0. The van der Waals surface area contributed by atoms with E-state index in [4.69, 9.17) is 12.2 Å². The minimum atomic E-state index is 0.429. The zero-order valence-corrected chi connectivity index (χ0v) is 8.03. The molecule has 0 saturated carbocycles. The van der Waals surface area contributed by atoms with Crippen molar-refractivity contribution in [1.29, 1.82) is 0 Å². The maximum Gasteiger partial charge on any atom is 0.146 e. The predicted molar refractivity (Wildman–Crippen MR) is 57.6 cm³/mol. The van der Waals surface area contributed by atoms with Crippen LogP contribution >= 0.6 is 0 Å². The van der Waals surface area contributed by atoms with Gasteiger partial charge in [-0.25, -0.2) is 4.98 Å². The maximum absolute atomic E-state index is 5.47. The van der Waals surface area contributed by atoms with Gasteiger partial charge in [0.15, 0.2) is 0 Å². The molecule has 4 nitrogen and oxygen atoms in total. The molecule has 0 atom stereocenters. The molecule has 0 unspecified atom stereocenters. The van der Waals surface area contributed by atoms with Crippen LogP contribution in [0.3, 0.4) is 0 Å². The molecule has 74 valence electrons. The number of hydrogen-bond donors (Lipinski definition) is 2. The number of unbranched alkanes of at least 4 members (excludes halogenated alkanes) is 2. The summed E-state index contributed by atoms with van der Waals surface area (Å²) in [6.07, 6.45) is 11.2. The van der Waals surface area contributed by atoms with Gasteiger partial charge in [-0.3, -0.25) is 4.98 Å². The molecule has 14 heavy (non-hydrogen) atoms. The van der Waals surface area contributed by atoms with Gasteiger partial charge in [0.2, 0.25) is 0 Å². The van der Waals surface area contributed by atoms with Gasteiger partial charge in [0.25, 0.3) is 0 Å². The second-order valence-electron chi connectivity index (χ2n) is 2.92. The Labute approximate surface area is 83.9 Å². The first-order chi connectivity index (χ1) is 6.83. The van der Waals surface area contributed by atoms with E-state index in [0.29, 0.717) is 11.6 Å². The third-order valence-electron chi connectivity index (χ3n) is 1.71. The average molecular weight is 190 g/mol. The Kier molecular flexibility index (Phi) is 4.29. The number of nitrogens with zero attached hydrogens (tertiary/aromatic N) is 2. The van der Waals surface area contributed by atoms with Crippen molar-refractivity contribution in [3.8, 4) is 12.3 Å². The molecule has 0 fully saturated rings. The van der Waals surface area contributed by atoms with Crippen molar-refractivity contribution in [2.75, 3.05) is 17.6 Å². The number of rotatable bonds is 5. The number of terminal acetylenes is 1. The molecule has 0 aliphatic carbocycles. The van der Waals surface area contributed by atoms with Crippen molar-refractivity contribution in [2.45, 2.75) is 19.3 Å². The first kappa shape index (κ1) is 10.3. The average Bonchev–Trinajstić information content (AvgIpc) is 2.18.